The van der Waals surface area contributed by atoms with Gasteiger partial charge in [-0.2, -0.15) is 0 Å². The van der Waals surface area contributed by atoms with E-state index in [1.165, 1.54) is 12.0 Å². The smallest absolute Gasteiger partial charge is 0.0826 e. The number of rotatable bonds is 2. The van der Waals surface area contributed by atoms with E-state index in [0.29, 0.717) is 6.10 Å². The first-order valence-corrected chi connectivity index (χ1v) is 6.09. The minimum Gasteiger partial charge on any atom is -0.398 e. The van der Waals surface area contributed by atoms with E-state index < -0.39 is 0 Å². The number of nitrogen functional groups attached to an aromatic ring is 1. The molecule has 1 unspecified atom stereocenters. The summed E-state index contributed by atoms with van der Waals surface area (Å²) in [5, 5.41) is 0. The molecule has 1 aromatic carbocycles. The van der Waals surface area contributed by atoms with Crippen LogP contribution in [0, 0.1) is 0 Å². The topological polar surface area (TPSA) is 35.2 Å². The normalized spacial score (nSPS) is 21.4. The third-order valence-corrected chi connectivity index (χ3v) is 3.35. The van der Waals surface area contributed by atoms with Crippen molar-refractivity contribution in [1.29, 1.82) is 0 Å². The van der Waals surface area contributed by atoms with E-state index in [2.05, 4.69) is 12.1 Å². The van der Waals surface area contributed by atoms with Crippen molar-refractivity contribution in [2.75, 3.05) is 18.6 Å². The van der Waals surface area contributed by atoms with Gasteiger partial charge < -0.3 is 10.5 Å². The molecular formula is C11H15NOS. The van der Waals surface area contributed by atoms with Crippen molar-refractivity contribution < 1.29 is 4.74 Å². The van der Waals surface area contributed by atoms with Crippen LogP contribution in [0.3, 0.4) is 0 Å². The van der Waals surface area contributed by atoms with Crippen LogP contribution in [0.5, 0.6) is 0 Å². The molecular weight excluding hydrogens is 194 g/mol. The zero-order valence-corrected chi connectivity index (χ0v) is 9.14. The Bertz CT molecular complexity index is 321. The Kier molecular flexibility index (Phi) is 2.99. The maximum atomic E-state index is 5.84. The lowest BCUT2D eigenvalue weighted by Crippen LogP contribution is -1.97. The van der Waals surface area contributed by atoms with Crippen LogP contribution in [0.1, 0.15) is 24.5 Å². The standard InChI is InChI=1S/C11H15NOS/c1-14-11-7-8(4-5-9(11)12)10-3-2-6-13-10/h4-5,7,10H,2-3,6,12H2,1H3. The molecule has 0 spiro atoms. The highest BCUT2D eigenvalue weighted by molar-refractivity contribution is 7.98. The second kappa shape index (κ2) is 4.24. The average molecular weight is 209 g/mol. The van der Waals surface area contributed by atoms with Gasteiger partial charge in [0.15, 0.2) is 0 Å². The predicted molar refractivity (Wildman–Crippen MR) is 60.6 cm³/mol. The molecule has 1 fully saturated rings. The Hall–Kier alpha value is -0.670. The van der Waals surface area contributed by atoms with Gasteiger partial charge >= 0.3 is 0 Å². The van der Waals surface area contributed by atoms with Crippen molar-refractivity contribution in [1.82, 2.24) is 0 Å². The van der Waals surface area contributed by atoms with Gasteiger partial charge in [-0.3, -0.25) is 0 Å². The third-order valence-electron chi connectivity index (χ3n) is 2.56. The average Bonchev–Trinajstić information content (AvgIpc) is 2.71. The van der Waals surface area contributed by atoms with Crippen LogP contribution in [0.15, 0.2) is 23.1 Å². The van der Waals surface area contributed by atoms with Gasteiger partial charge in [0.2, 0.25) is 0 Å². The number of thioether (sulfide) groups is 1. The summed E-state index contributed by atoms with van der Waals surface area (Å²) >= 11 is 1.69. The Morgan fingerprint density at radius 1 is 1.50 bits per heavy atom. The van der Waals surface area contributed by atoms with E-state index >= 15 is 0 Å². The molecule has 1 heterocycles. The first-order chi connectivity index (χ1) is 6.81. The minimum atomic E-state index is 0.293. The van der Waals surface area contributed by atoms with Crippen LogP contribution in [0.25, 0.3) is 0 Å². The van der Waals surface area contributed by atoms with Gasteiger partial charge in [0.1, 0.15) is 0 Å². The quantitative estimate of drug-likeness (QED) is 0.601. The lowest BCUT2D eigenvalue weighted by Gasteiger charge is -2.11. The monoisotopic (exact) mass is 209 g/mol. The van der Waals surface area contributed by atoms with Gasteiger partial charge in [-0.05, 0) is 36.8 Å². The highest BCUT2D eigenvalue weighted by Crippen LogP contribution is 2.32. The van der Waals surface area contributed by atoms with Crippen molar-refractivity contribution in [2.45, 2.75) is 23.8 Å². The molecule has 14 heavy (non-hydrogen) atoms. The van der Waals surface area contributed by atoms with Crippen LogP contribution >= 0.6 is 11.8 Å². The zero-order chi connectivity index (χ0) is 9.97. The Balaban J connectivity index is 2.25. The van der Waals surface area contributed by atoms with E-state index in [9.17, 15) is 0 Å². The molecule has 76 valence electrons. The zero-order valence-electron chi connectivity index (χ0n) is 8.32. The molecule has 3 heteroatoms. The van der Waals surface area contributed by atoms with Crippen molar-refractivity contribution in [3.05, 3.63) is 23.8 Å². The maximum Gasteiger partial charge on any atom is 0.0826 e. The molecule has 1 aliphatic heterocycles. The summed E-state index contributed by atoms with van der Waals surface area (Å²) in [6.07, 6.45) is 4.65. The van der Waals surface area contributed by atoms with Crippen LogP contribution in [-0.4, -0.2) is 12.9 Å². The fraction of sp³-hybridized carbons (Fsp3) is 0.455. The molecule has 0 bridgehead atoms. The molecule has 1 aliphatic rings. The lowest BCUT2D eigenvalue weighted by atomic mass is 10.1. The molecule has 2 rings (SSSR count). The maximum absolute atomic E-state index is 5.84. The number of nitrogens with two attached hydrogens (primary N) is 1. The van der Waals surface area contributed by atoms with Crippen LogP contribution in [-0.2, 0) is 4.74 Å². The molecule has 1 aromatic rings. The molecule has 0 aromatic heterocycles. The number of ether oxygens (including phenoxy) is 1. The number of anilines is 1. The van der Waals surface area contributed by atoms with E-state index in [1.54, 1.807) is 11.8 Å². The first kappa shape index (κ1) is 9.87. The Morgan fingerprint density at radius 3 is 3.00 bits per heavy atom. The van der Waals surface area contributed by atoms with E-state index in [1.807, 2.05) is 12.3 Å². The van der Waals surface area contributed by atoms with Gasteiger partial charge in [-0.25, -0.2) is 0 Å². The number of hydrogen-bond donors (Lipinski definition) is 1. The largest absolute Gasteiger partial charge is 0.398 e. The van der Waals surface area contributed by atoms with Crippen molar-refractivity contribution in [2.24, 2.45) is 0 Å². The lowest BCUT2D eigenvalue weighted by molar-refractivity contribution is 0.112. The summed E-state index contributed by atoms with van der Waals surface area (Å²) in [5.41, 5.74) is 7.96. The SMILES string of the molecule is CSc1cc(C2CCCO2)ccc1N. The summed E-state index contributed by atoms with van der Waals surface area (Å²) in [6.45, 7) is 0.893. The minimum absolute atomic E-state index is 0.293. The van der Waals surface area contributed by atoms with Gasteiger partial charge in [0, 0.05) is 17.2 Å². The summed E-state index contributed by atoms with van der Waals surface area (Å²) in [5.74, 6) is 0. The summed E-state index contributed by atoms with van der Waals surface area (Å²) in [4.78, 5) is 1.15. The fourth-order valence-corrected chi connectivity index (χ4v) is 2.33. The number of hydrogen-bond acceptors (Lipinski definition) is 3. The van der Waals surface area contributed by atoms with E-state index in [0.717, 1.165) is 23.6 Å². The first-order valence-electron chi connectivity index (χ1n) is 4.86. The second-order valence-electron chi connectivity index (χ2n) is 3.50. The van der Waals surface area contributed by atoms with E-state index in [-0.39, 0.29) is 0 Å². The molecule has 0 saturated carbocycles. The van der Waals surface area contributed by atoms with Gasteiger partial charge in [0.05, 0.1) is 6.10 Å². The van der Waals surface area contributed by atoms with E-state index in [4.69, 9.17) is 10.5 Å². The molecule has 2 N–H and O–H groups in total. The second-order valence-corrected chi connectivity index (χ2v) is 4.35. The van der Waals surface area contributed by atoms with Crippen molar-refractivity contribution in [3.8, 4) is 0 Å². The van der Waals surface area contributed by atoms with Crippen LogP contribution in [0.4, 0.5) is 5.69 Å². The molecule has 1 saturated heterocycles. The van der Waals surface area contributed by atoms with Crippen molar-refractivity contribution in [3.63, 3.8) is 0 Å². The van der Waals surface area contributed by atoms with Gasteiger partial charge in [0.25, 0.3) is 0 Å². The predicted octanol–water partition coefficient (Wildman–Crippen LogP) is 2.84. The summed E-state index contributed by atoms with van der Waals surface area (Å²) in [6, 6.07) is 6.20. The molecule has 2 nitrogen and oxygen atoms in total. The van der Waals surface area contributed by atoms with Gasteiger partial charge in [-0.1, -0.05) is 6.07 Å². The summed E-state index contributed by atoms with van der Waals surface area (Å²) < 4.78 is 5.63. The fourth-order valence-electron chi connectivity index (χ4n) is 1.77. The van der Waals surface area contributed by atoms with Crippen LogP contribution < -0.4 is 5.73 Å². The Morgan fingerprint density at radius 2 is 2.36 bits per heavy atom. The molecule has 0 amide bonds. The third kappa shape index (κ3) is 1.88. The molecule has 1 atom stereocenters. The Labute approximate surface area is 88.8 Å². The highest BCUT2D eigenvalue weighted by Gasteiger charge is 2.18. The summed E-state index contributed by atoms with van der Waals surface area (Å²) in [7, 11) is 0. The van der Waals surface area contributed by atoms with Gasteiger partial charge in [-0.15, -0.1) is 11.8 Å². The molecule has 0 radical (unpaired) electrons. The molecule has 0 aliphatic carbocycles. The van der Waals surface area contributed by atoms with Crippen molar-refractivity contribution >= 4 is 17.4 Å². The van der Waals surface area contributed by atoms with Crippen LogP contribution in [0.2, 0.25) is 0 Å². The highest BCUT2D eigenvalue weighted by atomic mass is 32.2. The number of benzene rings is 1.